The van der Waals surface area contributed by atoms with E-state index in [2.05, 4.69) is 30.1 Å². The molecule has 1 fully saturated rings. The minimum absolute atomic E-state index is 0.528. The van der Waals surface area contributed by atoms with E-state index in [0.29, 0.717) is 16.6 Å². The Bertz CT molecular complexity index is 456. The Morgan fingerprint density at radius 2 is 2.33 bits per heavy atom. The van der Waals surface area contributed by atoms with Crippen molar-refractivity contribution in [3.05, 3.63) is 28.8 Å². The van der Waals surface area contributed by atoms with E-state index in [0.717, 1.165) is 10.9 Å². The molecule has 2 nitrogen and oxygen atoms in total. The summed E-state index contributed by atoms with van der Waals surface area (Å²) >= 11 is 8.08. The number of rotatable bonds is 4. The van der Waals surface area contributed by atoms with Crippen LogP contribution in [-0.4, -0.2) is 17.0 Å². The SMILES string of the molecule is CCSC1CCC(Nc2ccc(C#N)c(Cl)c2)C1. The van der Waals surface area contributed by atoms with Crippen molar-refractivity contribution in [1.82, 2.24) is 0 Å². The average Bonchev–Trinajstić information content (AvgIpc) is 2.77. The van der Waals surface area contributed by atoms with Crippen molar-refractivity contribution in [2.24, 2.45) is 0 Å². The Labute approximate surface area is 118 Å². The Morgan fingerprint density at radius 3 is 3.00 bits per heavy atom. The predicted molar refractivity (Wildman–Crippen MR) is 79.3 cm³/mol. The van der Waals surface area contributed by atoms with E-state index in [-0.39, 0.29) is 0 Å². The van der Waals surface area contributed by atoms with Crippen LogP contribution in [0.2, 0.25) is 5.02 Å². The van der Waals surface area contributed by atoms with Gasteiger partial charge in [0.05, 0.1) is 10.6 Å². The first-order valence-electron chi connectivity index (χ1n) is 6.30. The van der Waals surface area contributed by atoms with Crippen molar-refractivity contribution >= 4 is 29.1 Å². The van der Waals surface area contributed by atoms with Gasteiger partial charge in [-0.2, -0.15) is 17.0 Å². The van der Waals surface area contributed by atoms with E-state index >= 15 is 0 Å². The molecule has 0 bridgehead atoms. The molecular formula is C14H17ClN2S. The lowest BCUT2D eigenvalue weighted by atomic mass is 10.2. The molecule has 1 N–H and O–H groups in total. The third kappa shape index (κ3) is 3.34. The first-order chi connectivity index (χ1) is 8.72. The molecule has 2 atom stereocenters. The second-order valence-corrected chi connectivity index (χ2v) is 6.52. The Hall–Kier alpha value is -0.850. The summed E-state index contributed by atoms with van der Waals surface area (Å²) in [6.45, 7) is 2.21. The maximum atomic E-state index is 8.83. The van der Waals surface area contributed by atoms with E-state index in [1.165, 1.54) is 25.0 Å². The van der Waals surface area contributed by atoms with Gasteiger partial charge in [-0.3, -0.25) is 0 Å². The highest BCUT2D eigenvalue weighted by atomic mass is 35.5. The van der Waals surface area contributed by atoms with E-state index in [9.17, 15) is 0 Å². The fraction of sp³-hybridized carbons (Fsp3) is 0.500. The fourth-order valence-corrected chi connectivity index (χ4v) is 3.75. The Kier molecular flexibility index (Phi) is 4.79. The number of anilines is 1. The zero-order chi connectivity index (χ0) is 13.0. The highest BCUT2D eigenvalue weighted by Crippen LogP contribution is 2.32. The van der Waals surface area contributed by atoms with Gasteiger partial charge in [-0.1, -0.05) is 18.5 Å². The number of hydrogen-bond acceptors (Lipinski definition) is 3. The number of nitrogens with one attached hydrogen (secondary N) is 1. The second-order valence-electron chi connectivity index (χ2n) is 4.54. The van der Waals surface area contributed by atoms with Crippen LogP contribution in [0.4, 0.5) is 5.69 Å². The fourth-order valence-electron chi connectivity index (χ4n) is 2.39. The van der Waals surface area contributed by atoms with Crippen LogP contribution in [0.3, 0.4) is 0 Å². The van der Waals surface area contributed by atoms with Gasteiger partial charge in [-0.25, -0.2) is 0 Å². The molecule has 1 aromatic carbocycles. The second kappa shape index (κ2) is 6.36. The predicted octanol–water partition coefficient (Wildman–Crippen LogP) is 4.30. The van der Waals surface area contributed by atoms with Crippen molar-refractivity contribution in [1.29, 1.82) is 5.26 Å². The monoisotopic (exact) mass is 280 g/mol. The molecule has 1 aliphatic carbocycles. The maximum Gasteiger partial charge on any atom is 0.101 e. The molecule has 2 unspecified atom stereocenters. The molecule has 0 amide bonds. The third-order valence-electron chi connectivity index (χ3n) is 3.25. The average molecular weight is 281 g/mol. The standard InChI is InChI=1S/C14H17ClN2S/c1-2-18-13-6-5-11(7-13)17-12-4-3-10(9-16)14(15)8-12/h3-4,8,11,13,17H,2,5-7H2,1H3. The number of nitriles is 1. The van der Waals surface area contributed by atoms with Crippen LogP contribution < -0.4 is 5.32 Å². The molecule has 0 radical (unpaired) electrons. The van der Waals surface area contributed by atoms with Gasteiger partial charge in [0.25, 0.3) is 0 Å². The summed E-state index contributed by atoms with van der Waals surface area (Å²) in [5.74, 6) is 1.19. The van der Waals surface area contributed by atoms with E-state index in [1.54, 1.807) is 6.07 Å². The molecule has 1 aliphatic rings. The highest BCUT2D eigenvalue weighted by Gasteiger charge is 2.24. The van der Waals surface area contributed by atoms with Crippen LogP contribution >= 0.6 is 23.4 Å². The Balaban J connectivity index is 1.95. The summed E-state index contributed by atoms with van der Waals surface area (Å²) in [6.07, 6.45) is 3.73. The minimum atomic E-state index is 0.528. The van der Waals surface area contributed by atoms with Crippen LogP contribution in [-0.2, 0) is 0 Å². The molecule has 1 saturated carbocycles. The smallest absolute Gasteiger partial charge is 0.101 e. The molecule has 0 spiro atoms. The first kappa shape index (κ1) is 13.6. The van der Waals surface area contributed by atoms with Gasteiger partial charge in [0.1, 0.15) is 6.07 Å². The maximum absolute atomic E-state index is 8.83. The lowest BCUT2D eigenvalue weighted by Gasteiger charge is -2.15. The number of benzene rings is 1. The Morgan fingerprint density at radius 1 is 1.50 bits per heavy atom. The van der Waals surface area contributed by atoms with Gasteiger partial charge >= 0.3 is 0 Å². The molecule has 0 aromatic heterocycles. The molecule has 2 rings (SSSR count). The zero-order valence-electron chi connectivity index (χ0n) is 10.4. The van der Waals surface area contributed by atoms with Gasteiger partial charge in [0.15, 0.2) is 0 Å². The summed E-state index contributed by atoms with van der Waals surface area (Å²) in [6, 6.07) is 8.18. The van der Waals surface area contributed by atoms with Gasteiger partial charge in [0, 0.05) is 17.0 Å². The van der Waals surface area contributed by atoms with Crippen LogP contribution in [0.5, 0.6) is 0 Å². The minimum Gasteiger partial charge on any atom is -0.382 e. The molecular weight excluding hydrogens is 264 g/mol. The van der Waals surface area contributed by atoms with Crippen LogP contribution in [0, 0.1) is 11.3 Å². The lowest BCUT2D eigenvalue weighted by Crippen LogP contribution is -2.15. The number of halogens is 1. The lowest BCUT2D eigenvalue weighted by molar-refractivity contribution is 0.757. The summed E-state index contributed by atoms with van der Waals surface area (Å²) < 4.78 is 0. The molecule has 0 aliphatic heterocycles. The number of hydrogen-bond donors (Lipinski definition) is 1. The summed E-state index contributed by atoms with van der Waals surface area (Å²) in [4.78, 5) is 0. The van der Waals surface area contributed by atoms with E-state index in [1.807, 2.05) is 12.1 Å². The molecule has 0 saturated heterocycles. The van der Waals surface area contributed by atoms with E-state index in [4.69, 9.17) is 16.9 Å². The third-order valence-corrected chi connectivity index (χ3v) is 4.79. The zero-order valence-corrected chi connectivity index (χ0v) is 12.0. The van der Waals surface area contributed by atoms with Gasteiger partial charge in [-0.15, -0.1) is 0 Å². The molecule has 18 heavy (non-hydrogen) atoms. The van der Waals surface area contributed by atoms with Gasteiger partial charge in [0.2, 0.25) is 0 Å². The molecule has 96 valence electrons. The van der Waals surface area contributed by atoms with Crippen molar-refractivity contribution in [3.8, 4) is 6.07 Å². The van der Waals surface area contributed by atoms with Crippen molar-refractivity contribution in [2.45, 2.75) is 37.5 Å². The largest absolute Gasteiger partial charge is 0.382 e. The van der Waals surface area contributed by atoms with Crippen molar-refractivity contribution in [3.63, 3.8) is 0 Å². The normalized spacial score (nSPS) is 22.7. The van der Waals surface area contributed by atoms with Crippen LogP contribution in [0.1, 0.15) is 31.7 Å². The van der Waals surface area contributed by atoms with Crippen LogP contribution in [0.15, 0.2) is 18.2 Å². The molecule has 4 heteroatoms. The van der Waals surface area contributed by atoms with Crippen molar-refractivity contribution < 1.29 is 0 Å². The van der Waals surface area contributed by atoms with Gasteiger partial charge < -0.3 is 5.32 Å². The number of nitrogens with zero attached hydrogens (tertiary/aromatic N) is 1. The molecule has 1 aromatic rings. The van der Waals surface area contributed by atoms with Gasteiger partial charge in [-0.05, 0) is 43.2 Å². The summed E-state index contributed by atoms with van der Waals surface area (Å²) in [5, 5.41) is 13.7. The van der Waals surface area contributed by atoms with Crippen molar-refractivity contribution in [2.75, 3.05) is 11.1 Å². The topological polar surface area (TPSA) is 35.8 Å². The quantitative estimate of drug-likeness (QED) is 0.893. The molecule has 0 heterocycles. The highest BCUT2D eigenvalue weighted by molar-refractivity contribution is 7.99. The summed E-state index contributed by atoms with van der Waals surface area (Å²) in [5.41, 5.74) is 1.55. The van der Waals surface area contributed by atoms with Crippen LogP contribution in [0.25, 0.3) is 0 Å². The summed E-state index contributed by atoms with van der Waals surface area (Å²) in [7, 11) is 0. The first-order valence-corrected chi connectivity index (χ1v) is 7.73. The van der Waals surface area contributed by atoms with E-state index < -0.39 is 0 Å². The number of thioether (sulfide) groups is 1.